The number of allylic oxidation sites excluding steroid dienone is 1. The molecule has 1 aliphatic heterocycles. The maximum Gasteiger partial charge on any atom is 0.360 e. The van der Waals surface area contributed by atoms with Gasteiger partial charge < -0.3 is 25.8 Å². The zero-order valence-electron chi connectivity index (χ0n) is 20.6. The van der Waals surface area contributed by atoms with Gasteiger partial charge in [0.2, 0.25) is 0 Å². The second-order valence-electron chi connectivity index (χ2n) is 8.55. The monoisotopic (exact) mass is 484 g/mol. The summed E-state index contributed by atoms with van der Waals surface area (Å²) in [7, 11) is 1.29. The molecule has 2 aromatic heterocycles. The number of amides is 1. The van der Waals surface area contributed by atoms with Gasteiger partial charge >= 0.3 is 5.97 Å². The van der Waals surface area contributed by atoms with Gasteiger partial charge in [0, 0.05) is 32.2 Å². The molecular weight excluding hydrogens is 448 g/mol. The summed E-state index contributed by atoms with van der Waals surface area (Å²) in [5, 5.41) is 10.5. The van der Waals surface area contributed by atoms with Crippen molar-refractivity contribution in [2.24, 2.45) is 5.73 Å². The van der Waals surface area contributed by atoms with Crippen LogP contribution in [0.2, 0.25) is 0 Å². The first-order valence-corrected chi connectivity index (χ1v) is 12.2. The number of unbranched alkanes of at least 4 members (excludes halogenated alkanes) is 3. The van der Waals surface area contributed by atoms with Crippen LogP contribution in [0.3, 0.4) is 0 Å². The van der Waals surface area contributed by atoms with Crippen LogP contribution in [0.5, 0.6) is 0 Å². The number of methoxy groups -OCH3 is 1. The Balaban J connectivity index is 1.66. The van der Waals surface area contributed by atoms with Crippen LogP contribution in [-0.2, 0) is 9.47 Å². The lowest BCUT2D eigenvalue weighted by molar-refractivity contribution is 0.0583. The SMILES string of the molecule is COC(=O)c1nn(C2CCOCC2)cc1NC(=O)c1cccc(C(C)=CNCCCCCCN)n1. The van der Waals surface area contributed by atoms with Gasteiger partial charge in [-0.25, -0.2) is 9.78 Å². The van der Waals surface area contributed by atoms with Crippen molar-refractivity contribution in [3.8, 4) is 0 Å². The minimum atomic E-state index is -0.610. The molecule has 3 rings (SSSR count). The summed E-state index contributed by atoms with van der Waals surface area (Å²) in [5.41, 5.74) is 7.74. The van der Waals surface area contributed by atoms with E-state index >= 15 is 0 Å². The van der Waals surface area contributed by atoms with Gasteiger partial charge in [0.1, 0.15) is 5.69 Å². The Morgan fingerprint density at radius 1 is 1.20 bits per heavy atom. The van der Waals surface area contributed by atoms with Gasteiger partial charge in [0.25, 0.3) is 5.91 Å². The number of nitrogens with one attached hydrogen (secondary N) is 2. The molecule has 1 saturated heterocycles. The zero-order valence-corrected chi connectivity index (χ0v) is 20.6. The molecule has 0 aromatic carbocycles. The Morgan fingerprint density at radius 2 is 1.94 bits per heavy atom. The lowest BCUT2D eigenvalue weighted by atomic mass is 10.1. The van der Waals surface area contributed by atoms with E-state index in [1.54, 1.807) is 23.0 Å². The number of nitrogens with zero attached hydrogens (tertiary/aromatic N) is 3. The Morgan fingerprint density at radius 3 is 2.69 bits per heavy atom. The van der Waals surface area contributed by atoms with E-state index in [2.05, 4.69) is 20.7 Å². The summed E-state index contributed by atoms with van der Waals surface area (Å²) in [6.07, 6.45) is 9.58. The molecular formula is C25H36N6O4. The Kier molecular flexibility index (Phi) is 10.2. The zero-order chi connectivity index (χ0) is 25.0. The average molecular weight is 485 g/mol. The molecule has 35 heavy (non-hydrogen) atoms. The Bertz CT molecular complexity index is 1010. The lowest BCUT2D eigenvalue weighted by Crippen LogP contribution is -2.20. The number of nitrogens with two attached hydrogens (primary N) is 1. The van der Waals surface area contributed by atoms with Crippen molar-refractivity contribution in [2.45, 2.75) is 51.5 Å². The van der Waals surface area contributed by atoms with Crippen molar-refractivity contribution in [3.05, 3.63) is 47.7 Å². The van der Waals surface area contributed by atoms with Crippen LogP contribution in [0, 0.1) is 0 Å². The molecule has 10 heteroatoms. The number of ether oxygens (including phenoxy) is 2. The fraction of sp³-hybridized carbons (Fsp3) is 0.520. The number of hydrogen-bond acceptors (Lipinski definition) is 8. The van der Waals surface area contributed by atoms with E-state index in [9.17, 15) is 9.59 Å². The number of carbonyl (C=O) groups excluding carboxylic acids is 2. The third-order valence-corrected chi connectivity index (χ3v) is 5.90. The average Bonchev–Trinajstić information content (AvgIpc) is 3.31. The quantitative estimate of drug-likeness (QED) is 0.309. The highest BCUT2D eigenvalue weighted by Crippen LogP contribution is 2.25. The molecule has 0 atom stereocenters. The first kappa shape index (κ1) is 26.4. The predicted molar refractivity (Wildman–Crippen MR) is 134 cm³/mol. The number of hydrogen-bond donors (Lipinski definition) is 3. The van der Waals surface area contributed by atoms with Gasteiger partial charge in [0.15, 0.2) is 5.69 Å². The lowest BCUT2D eigenvalue weighted by Gasteiger charge is -2.22. The third kappa shape index (κ3) is 7.63. The summed E-state index contributed by atoms with van der Waals surface area (Å²) in [5.74, 6) is -1.04. The van der Waals surface area contributed by atoms with Crippen molar-refractivity contribution < 1.29 is 19.1 Å². The van der Waals surface area contributed by atoms with Gasteiger partial charge in [-0.15, -0.1) is 0 Å². The molecule has 190 valence electrons. The van der Waals surface area contributed by atoms with E-state index in [-0.39, 0.29) is 17.4 Å². The van der Waals surface area contributed by atoms with Crippen molar-refractivity contribution >= 4 is 23.1 Å². The van der Waals surface area contributed by atoms with Crippen LogP contribution in [0.4, 0.5) is 5.69 Å². The van der Waals surface area contributed by atoms with Gasteiger partial charge in [-0.2, -0.15) is 5.10 Å². The number of pyridine rings is 1. The van der Waals surface area contributed by atoms with Crippen molar-refractivity contribution in [3.63, 3.8) is 0 Å². The maximum atomic E-state index is 13.0. The van der Waals surface area contributed by atoms with Crippen LogP contribution in [-0.4, -0.2) is 60.1 Å². The summed E-state index contributed by atoms with van der Waals surface area (Å²) >= 11 is 0. The standard InChI is InChI=1S/C25H36N6O4/c1-18(16-27-13-6-4-3-5-12-26)20-8-7-9-21(28-20)24(32)29-22-17-31(19-10-14-35-15-11-19)30-23(22)25(33)34-2/h7-9,16-17,19,27H,3-6,10-15,26H2,1-2H3,(H,29,32). The fourth-order valence-corrected chi connectivity index (χ4v) is 3.86. The summed E-state index contributed by atoms with van der Waals surface area (Å²) in [4.78, 5) is 29.8. The van der Waals surface area contributed by atoms with Crippen LogP contribution >= 0.6 is 0 Å². The first-order chi connectivity index (χ1) is 17.0. The molecule has 4 N–H and O–H groups in total. The molecule has 1 aliphatic rings. The molecule has 0 aliphatic carbocycles. The molecule has 3 heterocycles. The van der Waals surface area contributed by atoms with E-state index in [0.29, 0.717) is 24.6 Å². The molecule has 1 amide bonds. The van der Waals surface area contributed by atoms with Gasteiger partial charge in [-0.3, -0.25) is 9.48 Å². The molecule has 10 nitrogen and oxygen atoms in total. The molecule has 0 radical (unpaired) electrons. The molecule has 0 bridgehead atoms. The van der Waals surface area contributed by atoms with Crippen LogP contribution in [0.1, 0.15) is 78.2 Å². The molecule has 0 spiro atoms. The minimum absolute atomic E-state index is 0.0650. The summed E-state index contributed by atoms with van der Waals surface area (Å²) in [6, 6.07) is 5.38. The number of carbonyl (C=O) groups is 2. The number of aromatic nitrogens is 3. The third-order valence-electron chi connectivity index (χ3n) is 5.90. The second kappa shape index (κ2) is 13.6. The normalized spacial score (nSPS) is 14.5. The predicted octanol–water partition coefficient (Wildman–Crippen LogP) is 3.14. The maximum absolute atomic E-state index is 13.0. The van der Waals surface area contributed by atoms with Gasteiger partial charge in [-0.05, 0) is 56.9 Å². The Hall–Kier alpha value is -3.24. The second-order valence-corrected chi connectivity index (χ2v) is 8.55. The van der Waals surface area contributed by atoms with E-state index in [1.165, 1.54) is 7.11 Å². The van der Waals surface area contributed by atoms with Gasteiger partial charge in [0.05, 0.1) is 24.5 Å². The fourth-order valence-electron chi connectivity index (χ4n) is 3.86. The number of anilines is 1. The van der Waals surface area contributed by atoms with E-state index in [0.717, 1.165) is 57.2 Å². The highest BCUT2D eigenvalue weighted by atomic mass is 16.5. The topological polar surface area (TPSA) is 133 Å². The number of esters is 1. The van der Waals surface area contributed by atoms with Gasteiger partial charge in [-0.1, -0.05) is 18.9 Å². The first-order valence-electron chi connectivity index (χ1n) is 12.2. The van der Waals surface area contributed by atoms with Crippen molar-refractivity contribution in [1.29, 1.82) is 0 Å². The molecule has 0 unspecified atom stereocenters. The number of rotatable bonds is 12. The molecule has 0 saturated carbocycles. The summed E-state index contributed by atoms with van der Waals surface area (Å²) in [6.45, 7) is 4.82. The highest BCUT2D eigenvalue weighted by Gasteiger charge is 2.24. The van der Waals surface area contributed by atoms with Crippen LogP contribution < -0.4 is 16.4 Å². The minimum Gasteiger partial charge on any atom is -0.464 e. The van der Waals surface area contributed by atoms with E-state index < -0.39 is 11.9 Å². The van der Waals surface area contributed by atoms with Crippen LogP contribution in [0.15, 0.2) is 30.6 Å². The highest BCUT2D eigenvalue weighted by molar-refractivity contribution is 6.06. The Labute approximate surface area is 206 Å². The van der Waals surface area contributed by atoms with E-state index in [1.807, 2.05) is 19.2 Å². The van der Waals surface area contributed by atoms with Crippen molar-refractivity contribution in [2.75, 3.05) is 38.7 Å². The molecule has 2 aromatic rings. The van der Waals surface area contributed by atoms with Crippen LogP contribution in [0.25, 0.3) is 5.57 Å². The summed E-state index contributed by atoms with van der Waals surface area (Å²) < 4.78 is 12.0. The van der Waals surface area contributed by atoms with E-state index in [4.69, 9.17) is 15.2 Å². The smallest absolute Gasteiger partial charge is 0.360 e. The largest absolute Gasteiger partial charge is 0.464 e. The van der Waals surface area contributed by atoms with Crippen molar-refractivity contribution in [1.82, 2.24) is 20.1 Å². The molecule has 1 fully saturated rings.